The zero-order valence-corrected chi connectivity index (χ0v) is 14.6. The van der Waals surface area contributed by atoms with E-state index < -0.39 is 17.6 Å². The molecule has 0 saturated heterocycles. The molecule has 0 radical (unpaired) electrons. The molecule has 0 saturated carbocycles. The van der Waals surface area contributed by atoms with Gasteiger partial charge >= 0.3 is 0 Å². The summed E-state index contributed by atoms with van der Waals surface area (Å²) in [5.41, 5.74) is 6.19. The summed E-state index contributed by atoms with van der Waals surface area (Å²) in [7, 11) is 0. The van der Waals surface area contributed by atoms with Gasteiger partial charge in [0.1, 0.15) is 5.82 Å². The molecule has 2 aromatic rings. The normalized spacial score (nSPS) is 10.8. The van der Waals surface area contributed by atoms with Crippen molar-refractivity contribution in [1.29, 1.82) is 0 Å². The van der Waals surface area contributed by atoms with Crippen molar-refractivity contribution in [3.63, 3.8) is 0 Å². The summed E-state index contributed by atoms with van der Waals surface area (Å²) < 4.78 is 13.1. The van der Waals surface area contributed by atoms with Crippen molar-refractivity contribution in [2.45, 2.75) is 6.42 Å². The van der Waals surface area contributed by atoms with Crippen molar-refractivity contribution in [3.05, 3.63) is 70.0 Å². The third kappa shape index (κ3) is 5.59. The molecular formula is C18H15Cl2FN2O2. The Morgan fingerprint density at radius 3 is 2.44 bits per heavy atom. The zero-order chi connectivity index (χ0) is 18.4. The number of nitrogens with two attached hydrogens (primary N) is 1. The van der Waals surface area contributed by atoms with Gasteiger partial charge in [-0.15, -0.1) is 0 Å². The molecule has 0 aliphatic carbocycles. The molecule has 2 aromatic carbocycles. The molecule has 0 heterocycles. The second-order valence-electron chi connectivity index (χ2n) is 5.18. The van der Waals surface area contributed by atoms with Crippen molar-refractivity contribution in [3.8, 4) is 0 Å². The molecule has 0 atom stereocenters. The summed E-state index contributed by atoms with van der Waals surface area (Å²) in [5.74, 6) is -1.36. The molecule has 2 amide bonds. The largest absolute Gasteiger partial charge is 0.370 e. The number of halogens is 3. The van der Waals surface area contributed by atoms with E-state index >= 15 is 0 Å². The fourth-order valence-electron chi connectivity index (χ4n) is 2.10. The number of nitrogens with zero attached hydrogens (tertiary/aromatic N) is 1. The van der Waals surface area contributed by atoms with Crippen LogP contribution in [0.3, 0.4) is 0 Å². The van der Waals surface area contributed by atoms with E-state index in [-0.39, 0.29) is 13.0 Å². The monoisotopic (exact) mass is 380 g/mol. The molecule has 2 rings (SSSR count). The summed E-state index contributed by atoms with van der Waals surface area (Å²) in [6, 6.07) is 10.3. The van der Waals surface area contributed by atoms with Gasteiger partial charge in [-0.25, -0.2) is 4.39 Å². The Morgan fingerprint density at radius 1 is 1.12 bits per heavy atom. The summed E-state index contributed by atoms with van der Waals surface area (Å²) in [6.45, 7) is 0.0768. The molecule has 7 heteroatoms. The number of hydrogen-bond acceptors (Lipinski definition) is 2. The van der Waals surface area contributed by atoms with Gasteiger partial charge in [0.2, 0.25) is 5.91 Å². The van der Waals surface area contributed by atoms with Crippen LogP contribution in [0.15, 0.2) is 48.5 Å². The summed E-state index contributed by atoms with van der Waals surface area (Å²) in [6.07, 6.45) is 2.81. The van der Waals surface area contributed by atoms with Gasteiger partial charge < -0.3 is 10.6 Å². The Morgan fingerprint density at radius 2 is 1.80 bits per heavy atom. The molecule has 0 aliphatic heterocycles. The van der Waals surface area contributed by atoms with Crippen LogP contribution >= 0.6 is 23.2 Å². The number of rotatable bonds is 6. The highest BCUT2D eigenvalue weighted by atomic mass is 35.5. The van der Waals surface area contributed by atoms with Crippen LogP contribution in [-0.2, 0) is 9.59 Å². The fraction of sp³-hybridized carbons (Fsp3) is 0.111. The van der Waals surface area contributed by atoms with Crippen molar-refractivity contribution < 1.29 is 14.0 Å². The van der Waals surface area contributed by atoms with Crippen LogP contribution in [-0.4, -0.2) is 18.4 Å². The number of anilines is 1. The minimum Gasteiger partial charge on any atom is -0.370 e. The molecule has 0 unspecified atom stereocenters. The highest BCUT2D eigenvalue weighted by Crippen LogP contribution is 2.22. The lowest BCUT2D eigenvalue weighted by molar-refractivity contribution is -0.118. The van der Waals surface area contributed by atoms with Gasteiger partial charge in [-0.3, -0.25) is 9.59 Å². The average molecular weight is 381 g/mol. The SMILES string of the molecule is NC(=O)CCN(C(=O)/C=C/c1cc(Cl)ccc1Cl)c1ccc(F)cc1. The smallest absolute Gasteiger partial charge is 0.251 e. The Labute approximate surface area is 154 Å². The van der Waals surface area contributed by atoms with Crippen LogP contribution in [0.1, 0.15) is 12.0 Å². The van der Waals surface area contributed by atoms with E-state index in [1.165, 1.54) is 41.3 Å². The number of hydrogen-bond donors (Lipinski definition) is 1. The molecule has 0 fully saturated rings. The van der Waals surface area contributed by atoms with Crippen LogP contribution in [0.4, 0.5) is 10.1 Å². The second-order valence-corrected chi connectivity index (χ2v) is 6.03. The van der Waals surface area contributed by atoms with Gasteiger partial charge in [0, 0.05) is 34.8 Å². The fourth-order valence-corrected chi connectivity index (χ4v) is 2.46. The van der Waals surface area contributed by atoms with Crippen molar-refractivity contribution >= 4 is 46.8 Å². The van der Waals surface area contributed by atoms with Gasteiger partial charge in [-0.05, 0) is 54.1 Å². The van der Waals surface area contributed by atoms with Gasteiger partial charge in [-0.2, -0.15) is 0 Å². The molecular weight excluding hydrogens is 366 g/mol. The van der Waals surface area contributed by atoms with E-state index in [0.717, 1.165) is 0 Å². The van der Waals surface area contributed by atoms with Crippen LogP contribution in [0.25, 0.3) is 6.08 Å². The molecule has 0 spiro atoms. The third-order valence-corrected chi connectivity index (χ3v) is 3.93. The number of amides is 2. The molecule has 0 aromatic heterocycles. The quantitative estimate of drug-likeness (QED) is 0.768. The maximum absolute atomic E-state index is 13.1. The number of carbonyl (C=O) groups is 2. The van der Waals surface area contributed by atoms with Crippen molar-refractivity contribution in [2.75, 3.05) is 11.4 Å². The molecule has 25 heavy (non-hydrogen) atoms. The van der Waals surface area contributed by atoms with Crippen molar-refractivity contribution in [2.24, 2.45) is 5.73 Å². The third-order valence-electron chi connectivity index (χ3n) is 3.35. The first-order valence-corrected chi connectivity index (χ1v) is 8.11. The standard InChI is InChI=1S/C18H15Cl2FN2O2/c19-13-2-7-16(20)12(11-13)1-8-18(25)23(10-9-17(22)24)15-5-3-14(21)4-6-15/h1-8,11H,9-10H2,(H2,22,24)/b8-1+. The van der Waals surface area contributed by atoms with Gasteiger partial charge in [0.15, 0.2) is 0 Å². The van der Waals surface area contributed by atoms with E-state index in [1.807, 2.05) is 0 Å². The van der Waals surface area contributed by atoms with Crippen molar-refractivity contribution in [1.82, 2.24) is 0 Å². The highest BCUT2D eigenvalue weighted by Gasteiger charge is 2.14. The number of primary amides is 1. The molecule has 0 bridgehead atoms. The van der Waals surface area contributed by atoms with Crippen LogP contribution < -0.4 is 10.6 Å². The van der Waals surface area contributed by atoms with Crippen LogP contribution in [0.5, 0.6) is 0 Å². The number of benzene rings is 2. The first-order chi connectivity index (χ1) is 11.9. The predicted molar refractivity (Wildman–Crippen MR) is 98.1 cm³/mol. The molecule has 4 nitrogen and oxygen atoms in total. The maximum Gasteiger partial charge on any atom is 0.251 e. The van der Waals surface area contributed by atoms with E-state index in [2.05, 4.69) is 0 Å². The zero-order valence-electron chi connectivity index (χ0n) is 13.1. The lowest BCUT2D eigenvalue weighted by atomic mass is 10.2. The second kappa shape index (κ2) is 8.65. The van der Waals surface area contributed by atoms with Crippen LogP contribution in [0, 0.1) is 5.82 Å². The Kier molecular flexibility index (Phi) is 6.56. The summed E-state index contributed by atoms with van der Waals surface area (Å²) in [5, 5.41) is 0.930. The minimum atomic E-state index is -0.540. The van der Waals surface area contributed by atoms with Gasteiger partial charge in [0.05, 0.1) is 0 Å². The van der Waals surface area contributed by atoms with E-state index in [1.54, 1.807) is 18.2 Å². The van der Waals surface area contributed by atoms with E-state index in [9.17, 15) is 14.0 Å². The molecule has 2 N–H and O–H groups in total. The lowest BCUT2D eigenvalue weighted by Crippen LogP contribution is -2.32. The number of carbonyl (C=O) groups excluding carboxylic acids is 2. The topological polar surface area (TPSA) is 63.4 Å². The lowest BCUT2D eigenvalue weighted by Gasteiger charge is -2.20. The molecule has 130 valence electrons. The Hall–Kier alpha value is -2.37. The summed E-state index contributed by atoms with van der Waals surface area (Å²) in [4.78, 5) is 24.9. The first kappa shape index (κ1) is 19.0. The Bertz CT molecular complexity index is 807. The van der Waals surface area contributed by atoms with Gasteiger partial charge in [0.25, 0.3) is 5.91 Å². The average Bonchev–Trinajstić information content (AvgIpc) is 2.57. The Balaban J connectivity index is 2.24. The van der Waals surface area contributed by atoms with Crippen LogP contribution in [0.2, 0.25) is 10.0 Å². The maximum atomic E-state index is 13.1. The molecule has 0 aliphatic rings. The van der Waals surface area contributed by atoms with E-state index in [4.69, 9.17) is 28.9 Å². The summed E-state index contributed by atoms with van der Waals surface area (Å²) >= 11 is 12.0. The van der Waals surface area contributed by atoms with E-state index in [0.29, 0.717) is 21.3 Å². The predicted octanol–water partition coefficient (Wildman–Crippen LogP) is 4.05. The highest BCUT2D eigenvalue weighted by molar-refractivity contribution is 6.34. The first-order valence-electron chi connectivity index (χ1n) is 7.35. The van der Waals surface area contributed by atoms with Gasteiger partial charge in [-0.1, -0.05) is 23.2 Å². The minimum absolute atomic E-state index is 0.0190.